The summed E-state index contributed by atoms with van der Waals surface area (Å²) in [5, 5.41) is 12.1. The zero-order valence-electron chi connectivity index (χ0n) is 9.51. The fraction of sp³-hybridized carbons (Fsp3) is 0.545. The van der Waals surface area contributed by atoms with Gasteiger partial charge in [0, 0.05) is 6.07 Å². The third kappa shape index (κ3) is 1.95. The van der Waals surface area contributed by atoms with Crippen molar-refractivity contribution in [3.05, 3.63) is 17.4 Å². The van der Waals surface area contributed by atoms with Crippen molar-refractivity contribution in [1.82, 2.24) is 19.8 Å². The van der Waals surface area contributed by atoms with Crippen LogP contribution in [0.3, 0.4) is 0 Å². The topological polar surface area (TPSA) is 52.3 Å². The van der Waals surface area contributed by atoms with Crippen molar-refractivity contribution < 1.29 is 4.74 Å². The molecular formula is C11H13ClN4O. The molecule has 90 valence electrons. The third-order valence-electron chi connectivity index (χ3n) is 3.26. The maximum Gasteiger partial charge on any atom is 0.246 e. The molecule has 2 heterocycles. The van der Waals surface area contributed by atoms with Gasteiger partial charge in [0.25, 0.3) is 0 Å². The molecule has 0 radical (unpaired) electrons. The van der Waals surface area contributed by atoms with Crippen molar-refractivity contribution >= 4 is 17.2 Å². The van der Waals surface area contributed by atoms with Gasteiger partial charge >= 0.3 is 0 Å². The highest BCUT2D eigenvalue weighted by Gasteiger charge is 2.25. The standard InChI is InChI=1S/C11H13ClN4O/c1-7-3-2-4-8(7)17-10-6-5-9-13-14-11(12)16(9)15-10/h5-8H,2-4H2,1H3. The summed E-state index contributed by atoms with van der Waals surface area (Å²) in [4.78, 5) is 0. The largest absolute Gasteiger partial charge is 0.473 e. The monoisotopic (exact) mass is 252 g/mol. The number of fused-ring (bicyclic) bond motifs is 1. The maximum absolute atomic E-state index is 5.87. The molecule has 2 aromatic heterocycles. The van der Waals surface area contributed by atoms with E-state index in [0.717, 1.165) is 6.42 Å². The van der Waals surface area contributed by atoms with E-state index in [-0.39, 0.29) is 11.4 Å². The van der Waals surface area contributed by atoms with Gasteiger partial charge in [0.1, 0.15) is 6.10 Å². The number of hydrogen-bond donors (Lipinski definition) is 0. The van der Waals surface area contributed by atoms with E-state index >= 15 is 0 Å². The molecule has 17 heavy (non-hydrogen) atoms. The Kier molecular flexibility index (Phi) is 2.63. The number of aromatic nitrogens is 4. The van der Waals surface area contributed by atoms with Gasteiger partial charge in [-0.15, -0.1) is 15.3 Å². The summed E-state index contributed by atoms with van der Waals surface area (Å²) in [7, 11) is 0. The van der Waals surface area contributed by atoms with Crippen LogP contribution in [0.25, 0.3) is 5.65 Å². The van der Waals surface area contributed by atoms with E-state index in [0.29, 0.717) is 17.4 Å². The minimum absolute atomic E-state index is 0.255. The third-order valence-corrected chi connectivity index (χ3v) is 3.49. The van der Waals surface area contributed by atoms with Gasteiger partial charge < -0.3 is 4.74 Å². The summed E-state index contributed by atoms with van der Waals surface area (Å²) in [6, 6.07) is 3.62. The lowest BCUT2D eigenvalue weighted by Gasteiger charge is -2.16. The van der Waals surface area contributed by atoms with Crippen LogP contribution in [0.2, 0.25) is 5.28 Å². The Balaban J connectivity index is 1.87. The molecule has 2 atom stereocenters. The van der Waals surface area contributed by atoms with E-state index in [1.807, 2.05) is 6.07 Å². The van der Waals surface area contributed by atoms with Gasteiger partial charge in [0.15, 0.2) is 5.65 Å². The van der Waals surface area contributed by atoms with E-state index in [1.54, 1.807) is 6.07 Å². The fourth-order valence-electron chi connectivity index (χ4n) is 2.25. The Morgan fingerprint density at radius 1 is 1.35 bits per heavy atom. The number of nitrogens with zero attached hydrogens (tertiary/aromatic N) is 4. The van der Waals surface area contributed by atoms with Crippen LogP contribution in [-0.4, -0.2) is 25.9 Å². The van der Waals surface area contributed by atoms with E-state index in [1.165, 1.54) is 17.4 Å². The number of halogens is 1. The first-order valence-electron chi connectivity index (χ1n) is 5.78. The first-order valence-corrected chi connectivity index (χ1v) is 6.16. The molecule has 0 amide bonds. The molecule has 1 aliphatic rings. The van der Waals surface area contributed by atoms with Gasteiger partial charge in [-0.1, -0.05) is 6.92 Å². The Hall–Kier alpha value is -1.36. The van der Waals surface area contributed by atoms with Crippen molar-refractivity contribution in [2.24, 2.45) is 5.92 Å². The van der Waals surface area contributed by atoms with Crippen LogP contribution in [0.5, 0.6) is 5.88 Å². The highest BCUT2D eigenvalue weighted by atomic mass is 35.5. The molecule has 0 saturated heterocycles. The molecule has 0 bridgehead atoms. The smallest absolute Gasteiger partial charge is 0.246 e. The molecule has 1 fully saturated rings. The van der Waals surface area contributed by atoms with Crippen LogP contribution >= 0.6 is 11.6 Å². The SMILES string of the molecule is CC1CCCC1Oc1ccc2nnc(Cl)n2n1. The summed E-state index contributed by atoms with van der Waals surface area (Å²) in [6.07, 6.45) is 3.80. The summed E-state index contributed by atoms with van der Waals surface area (Å²) >= 11 is 5.86. The molecule has 5 nitrogen and oxygen atoms in total. The second kappa shape index (κ2) is 4.14. The van der Waals surface area contributed by atoms with Crippen molar-refractivity contribution in [3.8, 4) is 5.88 Å². The average molecular weight is 253 g/mol. The lowest BCUT2D eigenvalue weighted by molar-refractivity contribution is 0.158. The van der Waals surface area contributed by atoms with E-state index in [2.05, 4.69) is 22.2 Å². The molecular weight excluding hydrogens is 240 g/mol. The highest BCUT2D eigenvalue weighted by Crippen LogP contribution is 2.28. The lowest BCUT2D eigenvalue weighted by Crippen LogP contribution is -2.19. The van der Waals surface area contributed by atoms with Crippen LogP contribution in [0.15, 0.2) is 12.1 Å². The Morgan fingerprint density at radius 2 is 2.24 bits per heavy atom. The zero-order chi connectivity index (χ0) is 11.8. The molecule has 3 rings (SSSR count). The van der Waals surface area contributed by atoms with Crippen LogP contribution in [-0.2, 0) is 0 Å². The van der Waals surface area contributed by atoms with Crippen LogP contribution in [0, 0.1) is 5.92 Å². The quantitative estimate of drug-likeness (QED) is 0.823. The molecule has 2 unspecified atom stereocenters. The van der Waals surface area contributed by atoms with Crippen molar-refractivity contribution in [2.45, 2.75) is 32.3 Å². The van der Waals surface area contributed by atoms with E-state index < -0.39 is 0 Å². The summed E-state index contributed by atoms with van der Waals surface area (Å²) < 4.78 is 7.36. The van der Waals surface area contributed by atoms with Crippen LogP contribution in [0.1, 0.15) is 26.2 Å². The van der Waals surface area contributed by atoms with E-state index in [9.17, 15) is 0 Å². The molecule has 1 aliphatic carbocycles. The average Bonchev–Trinajstić information content (AvgIpc) is 2.88. The summed E-state index contributed by atoms with van der Waals surface area (Å²) in [5.74, 6) is 1.17. The summed E-state index contributed by atoms with van der Waals surface area (Å²) in [5.41, 5.74) is 0.627. The molecule has 0 N–H and O–H groups in total. The molecule has 1 saturated carbocycles. The number of ether oxygens (including phenoxy) is 1. The predicted molar refractivity (Wildman–Crippen MR) is 63.2 cm³/mol. The van der Waals surface area contributed by atoms with Crippen molar-refractivity contribution in [1.29, 1.82) is 0 Å². The fourth-order valence-corrected chi connectivity index (χ4v) is 2.41. The number of hydrogen-bond acceptors (Lipinski definition) is 4. The first-order chi connectivity index (χ1) is 8.24. The number of rotatable bonds is 2. The molecule has 2 aromatic rings. The molecule has 6 heteroatoms. The molecule has 0 aliphatic heterocycles. The van der Waals surface area contributed by atoms with Gasteiger partial charge in [-0.3, -0.25) is 0 Å². The lowest BCUT2D eigenvalue weighted by atomic mass is 10.1. The van der Waals surface area contributed by atoms with Gasteiger partial charge in [-0.25, -0.2) is 0 Å². The normalized spacial score (nSPS) is 24.4. The molecule has 0 spiro atoms. The summed E-state index contributed by atoms with van der Waals surface area (Å²) in [6.45, 7) is 2.21. The second-order valence-electron chi connectivity index (χ2n) is 4.48. The highest BCUT2D eigenvalue weighted by molar-refractivity contribution is 6.28. The first kappa shape index (κ1) is 10.8. The Labute approximate surface area is 104 Å². The van der Waals surface area contributed by atoms with Gasteiger partial charge in [-0.2, -0.15) is 4.52 Å². The Morgan fingerprint density at radius 3 is 3.00 bits per heavy atom. The van der Waals surface area contributed by atoms with Gasteiger partial charge in [-0.05, 0) is 42.8 Å². The van der Waals surface area contributed by atoms with E-state index in [4.69, 9.17) is 16.3 Å². The van der Waals surface area contributed by atoms with Crippen LogP contribution < -0.4 is 4.74 Å². The van der Waals surface area contributed by atoms with Gasteiger partial charge in [0.2, 0.25) is 11.2 Å². The zero-order valence-corrected chi connectivity index (χ0v) is 10.3. The van der Waals surface area contributed by atoms with Gasteiger partial charge in [0.05, 0.1) is 0 Å². The second-order valence-corrected chi connectivity index (χ2v) is 4.81. The van der Waals surface area contributed by atoms with Crippen molar-refractivity contribution in [2.75, 3.05) is 0 Å². The Bertz CT molecular complexity index is 541. The maximum atomic E-state index is 5.87. The predicted octanol–water partition coefficient (Wildman–Crippen LogP) is 2.35. The minimum atomic E-state index is 0.255. The van der Waals surface area contributed by atoms with Crippen LogP contribution in [0.4, 0.5) is 0 Å². The van der Waals surface area contributed by atoms with Crippen molar-refractivity contribution in [3.63, 3.8) is 0 Å². The minimum Gasteiger partial charge on any atom is -0.473 e. The molecule has 0 aromatic carbocycles.